The van der Waals surface area contributed by atoms with Crippen molar-refractivity contribution in [2.75, 3.05) is 6.54 Å². The van der Waals surface area contributed by atoms with Crippen LogP contribution < -0.4 is 15.8 Å². The summed E-state index contributed by atoms with van der Waals surface area (Å²) in [6.45, 7) is 0.777. The standard InChI is InChI=1S/C23H26N4O8/c24-20(25)13-3-5-14(6-4-13)35-23(33)18-9-7-15(34-18)12-27-11-1-2-17(27)21(30)26-16(22(31)32)8-10-19(28)29/h3-7,9,16-17H,1-2,8,10-12H2,(H3,24,25)(H,26,30)(H,28,29)(H,31,32)/t16-,17-/m0/s1. The maximum Gasteiger partial charge on any atom is 0.379 e. The maximum atomic E-state index is 12.7. The largest absolute Gasteiger partial charge is 0.481 e. The zero-order chi connectivity index (χ0) is 25.5. The van der Waals surface area contributed by atoms with Crippen molar-refractivity contribution in [2.24, 2.45) is 5.73 Å². The number of carboxylic acids is 2. The highest BCUT2D eigenvalue weighted by Crippen LogP contribution is 2.22. The Balaban J connectivity index is 1.58. The van der Waals surface area contributed by atoms with Crippen LogP contribution in [0.15, 0.2) is 40.8 Å². The predicted octanol–water partition coefficient (Wildman–Crippen LogP) is 1.18. The number of likely N-dealkylation sites (tertiary alicyclic amines) is 1. The van der Waals surface area contributed by atoms with Gasteiger partial charge < -0.3 is 30.4 Å². The first kappa shape index (κ1) is 25.4. The lowest BCUT2D eigenvalue weighted by atomic mass is 10.1. The van der Waals surface area contributed by atoms with Crippen LogP contribution in [0.5, 0.6) is 5.75 Å². The fraction of sp³-hybridized carbons (Fsp3) is 0.348. The zero-order valence-electron chi connectivity index (χ0n) is 18.7. The van der Waals surface area contributed by atoms with Crippen LogP contribution in [0.3, 0.4) is 0 Å². The Morgan fingerprint density at radius 2 is 1.89 bits per heavy atom. The van der Waals surface area contributed by atoms with E-state index >= 15 is 0 Å². The fourth-order valence-electron chi connectivity index (χ4n) is 3.74. The van der Waals surface area contributed by atoms with Crippen LogP contribution in [0.2, 0.25) is 0 Å². The number of ether oxygens (including phenoxy) is 1. The molecule has 0 radical (unpaired) electrons. The van der Waals surface area contributed by atoms with Crippen LogP contribution in [-0.2, 0) is 20.9 Å². The number of esters is 1. The van der Waals surface area contributed by atoms with E-state index in [0.29, 0.717) is 30.7 Å². The Morgan fingerprint density at radius 1 is 1.17 bits per heavy atom. The van der Waals surface area contributed by atoms with Gasteiger partial charge in [0, 0.05) is 12.0 Å². The third-order valence-electron chi connectivity index (χ3n) is 5.53. The van der Waals surface area contributed by atoms with Crippen molar-refractivity contribution in [1.29, 1.82) is 5.41 Å². The Morgan fingerprint density at radius 3 is 2.51 bits per heavy atom. The highest BCUT2D eigenvalue weighted by Gasteiger charge is 2.33. The van der Waals surface area contributed by atoms with Gasteiger partial charge in [0.25, 0.3) is 0 Å². The van der Waals surface area contributed by atoms with E-state index in [1.165, 1.54) is 18.2 Å². The number of nitrogen functional groups attached to an aromatic ring is 1. The number of nitrogens with zero attached hydrogens (tertiary/aromatic N) is 1. The molecule has 6 N–H and O–H groups in total. The predicted molar refractivity (Wildman–Crippen MR) is 121 cm³/mol. The number of nitrogens with two attached hydrogens (primary N) is 1. The topological polar surface area (TPSA) is 196 Å². The van der Waals surface area contributed by atoms with Crippen LogP contribution in [0, 0.1) is 5.41 Å². The Hall–Kier alpha value is -4.19. The number of amidine groups is 1. The average Bonchev–Trinajstić information content (AvgIpc) is 3.46. The van der Waals surface area contributed by atoms with Gasteiger partial charge in [-0.3, -0.25) is 19.9 Å². The second-order valence-electron chi connectivity index (χ2n) is 8.05. The lowest BCUT2D eigenvalue weighted by molar-refractivity contribution is -0.143. The van der Waals surface area contributed by atoms with Crippen molar-refractivity contribution in [3.05, 3.63) is 53.5 Å². The molecule has 2 aromatic rings. The van der Waals surface area contributed by atoms with Gasteiger partial charge in [-0.2, -0.15) is 0 Å². The van der Waals surface area contributed by atoms with E-state index < -0.39 is 35.9 Å². The maximum absolute atomic E-state index is 12.7. The number of hydrogen-bond donors (Lipinski definition) is 5. The Bertz CT molecular complexity index is 1110. The van der Waals surface area contributed by atoms with Crippen molar-refractivity contribution in [2.45, 2.75) is 44.3 Å². The molecule has 0 unspecified atom stereocenters. The van der Waals surface area contributed by atoms with Gasteiger partial charge in [-0.25, -0.2) is 9.59 Å². The molecule has 2 heterocycles. The molecule has 1 fully saturated rings. The number of furan rings is 1. The number of hydrogen-bond acceptors (Lipinski definition) is 8. The molecule has 0 aliphatic carbocycles. The minimum Gasteiger partial charge on any atom is -0.481 e. The van der Waals surface area contributed by atoms with E-state index in [0.717, 1.165) is 0 Å². The molecule has 12 heteroatoms. The first-order chi connectivity index (χ1) is 16.6. The SMILES string of the molecule is N=C(N)c1ccc(OC(=O)c2ccc(CN3CCC[C@H]3C(=O)N[C@@H](CCC(=O)O)C(=O)O)o2)cc1. The van der Waals surface area contributed by atoms with Gasteiger partial charge in [0.1, 0.15) is 23.4 Å². The Labute approximate surface area is 200 Å². The summed E-state index contributed by atoms with van der Waals surface area (Å²) in [5.74, 6) is -3.12. The van der Waals surface area contributed by atoms with Crippen molar-refractivity contribution in [1.82, 2.24) is 10.2 Å². The number of aliphatic carboxylic acids is 2. The first-order valence-electron chi connectivity index (χ1n) is 10.9. The number of carboxylic acid groups (broad SMARTS) is 2. The molecule has 1 saturated heterocycles. The van der Waals surface area contributed by atoms with Crippen LogP contribution in [-0.4, -0.2) is 63.4 Å². The third-order valence-corrected chi connectivity index (χ3v) is 5.53. The number of amides is 1. The quantitative estimate of drug-likeness (QED) is 0.133. The molecule has 1 amide bonds. The van der Waals surface area contributed by atoms with E-state index in [-0.39, 0.29) is 36.7 Å². The van der Waals surface area contributed by atoms with E-state index in [4.69, 9.17) is 25.4 Å². The lowest BCUT2D eigenvalue weighted by Gasteiger charge is -2.24. The molecule has 2 atom stereocenters. The molecule has 0 spiro atoms. The molecule has 1 aliphatic rings. The second kappa shape index (κ2) is 11.3. The van der Waals surface area contributed by atoms with Gasteiger partial charge in [0.05, 0.1) is 12.6 Å². The van der Waals surface area contributed by atoms with Gasteiger partial charge >= 0.3 is 17.9 Å². The number of nitrogens with one attached hydrogen (secondary N) is 2. The highest BCUT2D eigenvalue weighted by atomic mass is 16.5. The summed E-state index contributed by atoms with van der Waals surface area (Å²) in [5, 5.41) is 27.9. The summed E-state index contributed by atoms with van der Waals surface area (Å²) in [4.78, 5) is 49.0. The summed E-state index contributed by atoms with van der Waals surface area (Å²) in [6.07, 6.45) is 0.613. The monoisotopic (exact) mass is 486 g/mol. The minimum absolute atomic E-state index is 0.0320. The number of rotatable bonds is 11. The molecule has 1 aromatic carbocycles. The molecule has 0 saturated carbocycles. The number of carbonyl (C=O) groups is 4. The molecule has 1 aromatic heterocycles. The zero-order valence-corrected chi connectivity index (χ0v) is 18.7. The molecule has 1 aliphatic heterocycles. The molecule has 0 bridgehead atoms. The minimum atomic E-state index is -1.30. The van der Waals surface area contributed by atoms with Crippen molar-refractivity contribution in [3.8, 4) is 5.75 Å². The van der Waals surface area contributed by atoms with Gasteiger partial charge in [-0.15, -0.1) is 0 Å². The molecule has 186 valence electrons. The number of carbonyl (C=O) groups excluding carboxylic acids is 2. The van der Waals surface area contributed by atoms with Crippen LogP contribution >= 0.6 is 0 Å². The third kappa shape index (κ3) is 6.90. The molecular formula is C23H26N4O8. The van der Waals surface area contributed by atoms with E-state index in [1.54, 1.807) is 23.1 Å². The highest BCUT2D eigenvalue weighted by molar-refractivity contribution is 5.95. The van der Waals surface area contributed by atoms with Crippen molar-refractivity contribution < 1.29 is 38.5 Å². The number of benzene rings is 1. The fourth-order valence-corrected chi connectivity index (χ4v) is 3.74. The van der Waals surface area contributed by atoms with E-state index in [2.05, 4.69) is 5.32 Å². The Kier molecular flexibility index (Phi) is 8.21. The van der Waals surface area contributed by atoms with Crippen LogP contribution in [0.1, 0.15) is 47.6 Å². The van der Waals surface area contributed by atoms with Gasteiger partial charge in [0.15, 0.2) is 0 Å². The van der Waals surface area contributed by atoms with Crippen molar-refractivity contribution >= 4 is 29.7 Å². The van der Waals surface area contributed by atoms with Gasteiger partial charge in [-0.05, 0) is 62.2 Å². The van der Waals surface area contributed by atoms with E-state index in [9.17, 15) is 24.3 Å². The lowest BCUT2D eigenvalue weighted by Crippen LogP contribution is -2.49. The molecule has 12 nitrogen and oxygen atoms in total. The molecule has 35 heavy (non-hydrogen) atoms. The average molecular weight is 486 g/mol. The van der Waals surface area contributed by atoms with Gasteiger partial charge in [-0.1, -0.05) is 0 Å². The van der Waals surface area contributed by atoms with Crippen molar-refractivity contribution in [3.63, 3.8) is 0 Å². The smallest absolute Gasteiger partial charge is 0.379 e. The summed E-state index contributed by atoms with van der Waals surface area (Å²) in [7, 11) is 0. The molecular weight excluding hydrogens is 460 g/mol. The first-order valence-corrected chi connectivity index (χ1v) is 10.9. The summed E-state index contributed by atoms with van der Waals surface area (Å²) in [5.41, 5.74) is 5.89. The normalized spacial score (nSPS) is 16.4. The van der Waals surface area contributed by atoms with Gasteiger partial charge in [0.2, 0.25) is 11.7 Å². The van der Waals surface area contributed by atoms with E-state index in [1.807, 2.05) is 0 Å². The summed E-state index contributed by atoms with van der Waals surface area (Å²) >= 11 is 0. The summed E-state index contributed by atoms with van der Waals surface area (Å²) < 4.78 is 10.9. The second-order valence-corrected chi connectivity index (χ2v) is 8.05. The molecule has 3 rings (SSSR count). The van der Waals surface area contributed by atoms with Crippen LogP contribution in [0.4, 0.5) is 0 Å². The van der Waals surface area contributed by atoms with Crippen LogP contribution in [0.25, 0.3) is 0 Å². The summed E-state index contributed by atoms with van der Waals surface area (Å²) in [6, 6.07) is 7.26.